The summed E-state index contributed by atoms with van der Waals surface area (Å²) >= 11 is 0. The summed E-state index contributed by atoms with van der Waals surface area (Å²) in [5, 5.41) is 2.85. The fraction of sp³-hybridized carbons (Fsp3) is 0.263. The Balaban J connectivity index is 1.89. The van der Waals surface area contributed by atoms with Crippen molar-refractivity contribution in [3.63, 3.8) is 0 Å². The first-order valence-corrected chi connectivity index (χ1v) is 8.19. The monoisotopic (exact) mass is 341 g/mol. The number of nitrogens with one attached hydrogen (secondary N) is 2. The fourth-order valence-corrected chi connectivity index (χ4v) is 2.66. The predicted molar refractivity (Wildman–Crippen MR) is 93.3 cm³/mol. The normalized spacial score (nSPS) is 13.4. The number of carbonyl (C=O) groups is 2. The summed E-state index contributed by atoms with van der Waals surface area (Å²) in [6.45, 7) is 2.30. The third kappa shape index (κ3) is 3.85. The van der Waals surface area contributed by atoms with Crippen LogP contribution in [0.2, 0.25) is 0 Å². The Morgan fingerprint density at radius 2 is 1.80 bits per heavy atom. The van der Waals surface area contributed by atoms with Gasteiger partial charge in [-0.1, -0.05) is 12.1 Å². The van der Waals surface area contributed by atoms with Gasteiger partial charge in [-0.2, -0.15) is 0 Å². The van der Waals surface area contributed by atoms with E-state index in [9.17, 15) is 14.0 Å². The van der Waals surface area contributed by atoms with Gasteiger partial charge in [0.15, 0.2) is 0 Å². The van der Waals surface area contributed by atoms with E-state index >= 15 is 0 Å². The van der Waals surface area contributed by atoms with Gasteiger partial charge in [-0.15, -0.1) is 0 Å². The van der Waals surface area contributed by atoms with Crippen molar-refractivity contribution in [3.05, 3.63) is 58.9 Å². The van der Waals surface area contributed by atoms with Gasteiger partial charge in [-0.05, 0) is 66.6 Å². The number of hydrazine groups is 1. The molecule has 6 heteroatoms. The van der Waals surface area contributed by atoms with Gasteiger partial charge in [0.2, 0.25) is 0 Å². The van der Waals surface area contributed by atoms with Crippen LogP contribution in [0.25, 0.3) is 11.1 Å². The number of amides is 2. The molecule has 1 saturated carbocycles. The maximum atomic E-state index is 14.3. The zero-order chi connectivity index (χ0) is 18.0. The second kappa shape index (κ2) is 7.03. The van der Waals surface area contributed by atoms with Crippen LogP contribution in [0.15, 0.2) is 36.4 Å². The number of nitrogen functional groups attached to an aromatic ring is 1. The van der Waals surface area contributed by atoms with E-state index in [2.05, 4.69) is 10.7 Å². The zero-order valence-corrected chi connectivity index (χ0v) is 13.9. The van der Waals surface area contributed by atoms with Crippen LogP contribution in [-0.4, -0.2) is 18.4 Å². The van der Waals surface area contributed by atoms with Gasteiger partial charge >= 0.3 is 0 Å². The lowest BCUT2D eigenvalue weighted by molar-refractivity contribution is 0.0944. The topological polar surface area (TPSA) is 84.2 Å². The fourth-order valence-electron chi connectivity index (χ4n) is 2.66. The van der Waals surface area contributed by atoms with Crippen molar-refractivity contribution in [3.8, 4) is 11.1 Å². The Hall–Kier alpha value is -2.73. The quantitative estimate of drug-likeness (QED) is 0.444. The number of rotatable bonds is 5. The standard InChI is InChI=1S/C19H20FN3O2/c1-11-16(13-4-6-14(7-5-13)19(25)23-21)8-15(9-17(11)20)18(24)22-10-12-2-3-12/h4-9,12H,2-3,10,21H2,1H3,(H,22,24)(H,23,25). The van der Waals surface area contributed by atoms with Crippen molar-refractivity contribution < 1.29 is 14.0 Å². The molecule has 4 N–H and O–H groups in total. The third-order valence-electron chi connectivity index (χ3n) is 4.44. The molecule has 0 heterocycles. The number of halogens is 1. The molecule has 25 heavy (non-hydrogen) atoms. The maximum Gasteiger partial charge on any atom is 0.265 e. The van der Waals surface area contributed by atoms with Crippen LogP contribution in [0.3, 0.4) is 0 Å². The molecular weight excluding hydrogens is 321 g/mol. The molecule has 3 rings (SSSR count). The highest BCUT2D eigenvalue weighted by Crippen LogP contribution is 2.29. The summed E-state index contributed by atoms with van der Waals surface area (Å²) in [6, 6.07) is 9.57. The number of hydrogen-bond donors (Lipinski definition) is 3. The summed E-state index contributed by atoms with van der Waals surface area (Å²) in [4.78, 5) is 23.8. The third-order valence-corrected chi connectivity index (χ3v) is 4.44. The van der Waals surface area contributed by atoms with Crippen LogP contribution in [0.5, 0.6) is 0 Å². The van der Waals surface area contributed by atoms with Crippen LogP contribution in [0, 0.1) is 18.7 Å². The molecule has 130 valence electrons. The predicted octanol–water partition coefficient (Wildman–Crippen LogP) is 2.54. The number of carbonyl (C=O) groups excluding carboxylic acids is 2. The Labute approximate surface area is 145 Å². The van der Waals surface area contributed by atoms with E-state index in [0.29, 0.717) is 34.7 Å². The first-order valence-electron chi connectivity index (χ1n) is 8.19. The van der Waals surface area contributed by atoms with E-state index in [1.54, 1.807) is 37.3 Å². The minimum absolute atomic E-state index is 0.272. The number of hydrogen-bond acceptors (Lipinski definition) is 3. The second-order valence-electron chi connectivity index (χ2n) is 6.33. The molecule has 0 saturated heterocycles. The van der Waals surface area contributed by atoms with Crippen molar-refractivity contribution in [2.45, 2.75) is 19.8 Å². The van der Waals surface area contributed by atoms with Crippen LogP contribution in [-0.2, 0) is 0 Å². The molecule has 0 radical (unpaired) electrons. The van der Waals surface area contributed by atoms with Gasteiger partial charge in [0, 0.05) is 17.7 Å². The Morgan fingerprint density at radius 3 is 2.40 bits per heavy atom. The molecule has 2 aromatic rings. The van der Waals surface area contributed by atoms with E-state index in [4.69, 9.17) is 5.84 Å². The van der Waals surface area contributed by atoms with Gasteiger partial charge in [0.05, 0.1) is 0 Å². The zero-order valence-electron chi connectivity index (χ0n) is 13.9. The van der Waals surface area contributed by atoms with E-state index < -0.39 is 11.7 Å². The summed E-state index contributed by atoms with van der Waals surface area (Å²) in [5.41, 5.74) is 4.56. The van der Waals surface area contributed by atoms with Crippen LogP contribution in [0.1, 0.15) is 39.1 Å². The largest absolute Gasteiger partial charge is 0.352 e. The second-order valence-corrected chi connectivity index (χ2v) is 6.33. The summed E-state index contributed by atoms with van der Waals surface area (Å²) in [7, 11) is 0. The van der Waals surface area contributed by atoms with E-state index in [1.165, 1.54) is 6.07 Å². The van der Waals surface area contributed by atoms with Crippen LogP contribution in [0.4, 0.5) is 4.39 Å². The lowest BCUT2D eigenvalue weighted by Gasteiger charge is -2.11. The Kier molecular flexibility index (Phi) is 4.81. The molecule has 2 amide bonds. The van der Waals surface area contributed by atoms with Crippen molar-refractivity contribution in [2.24, 2.45) is 11.8 Å². The lowest BCUT2D eigenvalue weighted by atomic mass is 9.96. The summed E-state index contributed by atoms with van der Waals surface area (Å²) in [5.74, 6) is 4.56. The summed E-state index contributed by atoms with van der Waals surface area (Å²) < 4.78 is 14.3. The van der Waals surface area contributed by atoms with E-state index in [0.717, 1.165) is 18.4 Å². The lowest BCUT2D eigenvalue weighted by Crippen LogP contribution is -2.29. The molecule has 1 aliphatic rings. The molecule has 1 aliphatic carbocycles. The van der Waals surface area contributed by atoms with E-state index in [1.807, 2.05) is 0 Å². The summed E-state index contributed by atoms with van der Waals surface area (Å²) in [6.07, 6.45) is 2.27. The van der Waals surface area contributed by atoms with Crippen molar-refractivity contribution in [1.29, 1.82) is 0 Å². The minimum Gasteiger partial charge on any atom is -0.352 e. The molecule has 0 unspecified atom stereocenters. The van der Waals surface area contributed by atoms with Gasteiger partial charge in [0.1, 0.15) is 5.82 Å². The molecule has 2 aromatic carbocycles. The van der Waals surface area contributed by atoms with Gasteiger partial charge < -0.3 is 5.32 Å². The molecular formula is C19H20FN3O2. The average molecular weight is 341 g/mol. The molecule has 5 nitrogen and oxygen atoms in total. The van der Waals surface area contributed by atoms with Crippen molar-refractivity contribution >= 4 is 11.8 Å². The molecule has 1 fully saturated rings. The highest BCUT2D eigenvalue weighted by Gasteiger charge is 2.22. The first kappa shape index (κ1) is 17.1. The van der Waals surface area contributed by atoms with Crippen molar-refractivity contribution in [2.75, 3.05) is 6.54 Å². The Bertz CT molecular complexity index is 814. The molecule has 0 bridgehead atoms. The molecule has 0 atom stereocenters. The minimum atomic E-state index is -0.433. The van der Waals surface area contributed by atoms with Crippen LogP contribution >= 0.6 is 0 Å². The SMILES string of the molecule is Cc1c(F)cc(C(=O)NCC2CC2)cc1-c1ccc(C(=O)NN)cc1. The van der Waals surface area contributed by atoms with Crippen molar-refractivity contribution in [1.82, 2.24) is 10.7 Å². The van der Waals surface area contributed by atoms with E-state index in [-0.39, 0.29) is 5.91 Å². The maximum absolute atomic E-state index is 14.3. The molecule has 0 spiro atoms. The van der Waals surface area contributed by atoms with Gasteiger partial charge in [0.25, 0.3) is 11.8 Å². The highest BCUT2D eigenvalue weighted by atomic mass is 19.1. The van der Waals surface area contributed by atoms with Crippen LogP contribution < -0.4 is 16.6 Å². The molecule has 0 aliphatic heterocycles. The van der Waals surface area contributed by atoms with Gasteiger partial charge in [-0.25, -0.2) is 10.2 Å². The Morgan fingerprint density at radius 1 is 1.12 bits per heavy atom. The van der Waals surface area contributed by atoms with Gasteiger partial charge in [-0.3, -0.25) is 15.0 Å². The highest BCUT2D eigenvalue weighted by molar-refractivity contribution is 5.96. The molecule has 0 aromatic heterocycles. The smallest absolute Gasteiger partial charge is 0.265 e. The number of benzene rings is 2. The first-order chi connectivity index (χ1) is 12.0. The number of nitrogens with two attached hydrogens (primary N) is 1. The average Bonchev–Trinajstić information content (AvgIpc) is 3.45.